The van der Waals surface area contributed by atoms with Crippen molar-refractivity contribution in [2.24, 2.45) is 0 Å². The molecule has 0 saturated carbocycles. The Morgan fingerprint density at radius 2 is 1.75 bits per heavy atom. The van der Waals surface area contributed by atoms with Gasteiger partial charge in [0.25, 0.3) is 0 Å². The fourth-order valence-electron chi connectivity index (χ4n) is 0.821. The van der Waals surface area contributed by atoms with Gasteiger partial charge in [-0.1, -0.05) is 11.5 Å². The number of alkyl halides is 3. The molecule has 0 heterocycles. The molecule has 0 amide bonds. The molecule has 0 spiro atoms. The molecule has 1 aromatic rings. The van der Waals surface area contributed by atoms with E-state index in [1.807, 2.05) is 0 Å². The second-order valence-electron chi connectivity index (χ2n) is 2.46. The SMILES string of the molecule is Bc1cc(C(F)(F)F)ccc1F. The number of hydrogen-bond donors (Lipinski definition) is 0. The molecule has 0 bridgehead atoms. The van der Waals surface area contributed by atoms with E-state index in [-0.39, 0.29) is 5.46 Å². The maximum Gasteiger partial charge on any atom is 0.416 e. The molecule has 0 aliphatic heterocycles. The molecular formula is C7H5BF4. The lowest BCUT2D eigenvalue weighted by atomic mass is 9.93. The van der Waals surface area contributed by atoms with E-state index in [2.05, 4.69) is 0 Å². The second kappa shape index (κ2) is 2.81. The fourth-order valence-corrected chi connectivity index (χ4v) is 0.821. The summed E-state index contributed by atoms with van der Waals surface area (Å²) < 4.78 is 48.5. The molecule has 1 rings (SSSR count). The van der Waals surface area contributed by atoms with E-state index in [9.17, 15) is 17.6 Å². The van der Waals surface area contributed by atoms with Crippen LogP contribution in [-0.2, 0) is 6.18 Å². The van der Waals surface area contributed by atoms with E-state index >= 15 is 0 Å². The van der Waals surface area contributed by atoms with Crippen LogP contribution in [0.1, 0.15) is 5.56 Å². The average Bonchev–Trinajstić information content (AvgIpc) is 1.92. The van der Waals surface area contributed by atoms with Crippen LogP contribution in [0.15, 0.2) is 18.2 Å². The molecule has 0 saturated heterocycles. The minimum absolute atomic E-state index is 0.00447. The van der Waals surface area contributed by atoms with E-state index in [1.165, 1.54) is 7.85 Å². The van der Waals surface area contributed by atoms with Gasteiger partial charge in [0.2, 0.25) is 0 Å². The van der Waals surface area contributed by atoms with Crippen molar-refractivity contribution in [1.82, 2.24) is 0 Å². The third kappa shape index (κ3) is 1.78. The third-order valence-electron chi connectivity index (χ3n) is 1.49. The summed E-state index contributed by atoms with van der Waals surface area (Å²) in [6, 6.07) is 2.33. The van der Waals surface area contributed by atoms with Crippen molar-refractivity contribution in [2.75, 3.05) is 0 Å². The summed E-state index contributed by atoms with van der Waals surface area (Å²) in [5, 5.41) is 0. The van der Waals surface area contributed by atoms with Crippen LogP contribution in [0.25, 0.3) is 0 Å². The molecule has 64 valence electrons. The molecule has 0 fully saturated rings. The lowest BCUT2D eigenvalue weighted by Crippen LogP contribution is -2.14. The topological polar surface area (TPSA) is 0 Å². The first kappa shape index (κ1) is 9.10. The van der Waals surface area contributed by atoms with Crippen molar-refractivity contribution in [3.05, 3.63) is 29.6 Å². The van der Waals surface area contributed by atoms with Crippen LogP contribution >= 0.6 is 0 Å². The molecular weight excluding hydrogens is 171 g/mol. The normalized spacial score (nSPS) is 11.7. The number of rotatable bonds is 0. The summed E-state index contributed by atoms with van der Waals surface area (Å²) in [5.74, 6) is -0.622. The minimum atomic E-state index is -4.39. The van der Waals surface area contributed by atoms with Gasteiger partial charge in [0.05, 0.1) is 5.56 Å². The summed E-state index contributed by atoms with van der Waals surface area (Å²) in [6.45, 7) is 0. The zero-order chi connectivity index (χ0) is 9.35. The van der Waals surface area contributed by atoms with E-state index in [0.717, 1.165) is 18.2 Å². The maximum atomic E-state index is 12.5. The van der Waals surface area contributed by atoms with Crippen molar-refractivity contribution in [1.29, 1.82) is 0 Å². The van der Waals surface area contributed by atoms with Crippen LogP contribution in [0.5, 0.6) is 0 Å². The van der Waals surface area contributed by atoms with Gasteiger partial charge in [0.1, 0.15) is 13.7 Å². The highest BCUT2D eigenvalue weighted by atomic mass is 19.4. The Balaban J connectivity index is 3.14. The van der Waals surface area contributed by atoms with Crippen LogP contribution in [0.4, 0.5) is 17.6 Å². The quantitative estimate of drug-likeness (QED) is 0.410. The molecule has 0 atom stereocenters. The van der Waals surface area contributed by atoms with E-state index in [4.69, 9.17) is 0 Å². The smallest absolute Gasteiger partial charge is 0.208 e. The van der Waals surface area contributed by atoms with Gasteiger partial charge in [-0.25, -0.2) is 4.39 Å². The van der Waals surface area contributed by atoms with Gasteiger partial charge in [0.15, 0.2) is 0 Å². The van der Waals surface area contributed by atoms with Gasteiger partial charge in [-0.15, -0.1) is 0 Å². The lowest BCUT2D eigenvalue weighted by Gasteiger charge is -2.06. The number of halogens is 4. The molecule has 1 aromatic carbocycles. The summed E-state index contributed by atoms with van der Waals surface area (Å²) in [5.41, 5.74) is -0.814. The molecule has 12 heavy (non-hydrogen) atoms. The van der Waals surface area contributed by atoms with E-state index in [0.29, 0.717) is 0 Å². The Bertz CT molecular complexity index is 292. The van der Waals surface area contributed by atoms with Crippen LogP contribution < -0.4 is 5.46 Å². The summed E-state index contributed by atoms with van der Waals surface area (Å²) in [7, 11) is 1.30. The molecule has 0 aromatic heterocycles. The van der Waals surface area contributed by atoms with Crippen molar-refractivity contribution < 1.29 is 17.6 Å². The fraction of sp³-hybridized carbons (Fsp3) is 0.143. The summed E-state index contributed by atoms with van der Waals surface area (Å²) in [6.07, 6.45) is -4.39. The van der Waals surface area contributed by atoms with Gasteiger partial charge < -0.3 is 0 Å². The van der Waals surface area contributed by atoms with Crippen molar-refractivity contribution in [3.63, 3.8) is 0 Å². The molecule has 5 heteroatoms. The van der Waals surface area contributed by atoms with Crippen LogP contribution in [0.3, 0.4) is 0 Å². The third-order valence-corrected chi connectivity index (χ3v) is 1.49. The first-order valence-corrected chi connectivity index (χ1v) is 3.24. The number of hydrogen-bond acceptors (Lipinski definition) is 0. The minimum Gasteiger partial charge on any atom is -0.208 e. The Morgan fingerprint density at radius 3 is 2.17 bits per heavy atom. The lowest BCUT2D eigenvalue weighted by molar-refractivity contribution is -0.137. The highest BCUT2D eigenvalue weighted by Crippen LogP contribution is 2.28. The highest BCUT2D eigenvalue weighted by molar-refractivity contribution is 6.32. The van der Waals surface area contributed by atoms with Gasteiger partial charge >= 0.3 is 6.18 Å². The van der Waals surface area contributed by atoms with Crippen LogP contribution in [0.2, 0.25) is 0 Å². The monoisotopic (exact) mass is 176 g/mol. The number of benzene rings is 1. The van der Waals surface area contributed by atoms with Crippen molar-refractivity contribution >= 4 is 13.3 Å². The Hall–Kier alpha value is -0.995. The Labute approximate surface area is 67.6 Å². The molecule has 0 unspecified atom stereocenters. The molecule has 0 aliphatic rings. The second-order valence-corrected chi connectivity index (χ2v) is 2.46. The van der Waals surface area contributed by atoms with E-state index in [1.54, 1.807) is 0 Å². The largest absolute Gasteiger partial charge is 0.416 e. The predicted molar refractivity (Wildman–Crippen MR) is 39.6 cm³/mol. The zero-order valence-electron chi connectivity index (χ0n) is 6.24. The van der Waals surface area contributed by atoms with Crippen LogP contribution in [-0.4, -0.2) is 7.85 Å². The average molecular weight is 176 g/mol. The van der Waals surface area contributed by atoms with Crippen molar-refractivity contribution in [2.45, 2.75) is 6.18 Å². The molecule has 0 aliphatic carbocycles. The zero-order valence-corrected chi connectivity index (χ0v) is 6.24. The van der Waals surface area contributed by atoms with Gasteiger partial charge in [-0.3, -0.25) is 0 Å². The highest BCUT2D eigenvalue weighted by Gasteiger charge is 2.30. The molecule has 0 nitrogen and oxygen atoms in total. The molecule has 0 N–H and O–H groups in total. The summed E-state index contributed by atoms with van der Waals surface area (Å²) in [4.78, 5) is 0. The van der Waals surface area contributed by atoms with Gasteiger partial charge in [-0.05, 0) is 12.1 Å². The first-order chi connectivity index (χ1) is 5.41. The summed E-state index contributed by atoms with van der Waals surface area (Å²) >= 11 is 0. The van der Waals surface area contributed by atoms with Crippen molar-refractivity contribution in [3.8, 4) is 0 Å². The standard InChI is InChI=1S/C7H5BF4/c8-5-3-4(7(10,11)12)1-2-6(5)9/h1-3H,8H2. The van der Waals surface area contributed by atoms with Gasteiger partial charge in [-0.2, -0.15) is 13.2 Å². The van der Waals surface area contributed by atoms with Crippen LogP contribution in [0, 0.1) is 5.82 Å². The maximum absolute atomic E-state index is 12.5. The Morgan fingerprint density at radius 1 is 1.17 bits per heavy atom. The molecule has 0 radical (unpaired) electrons. The van der Waals surface area contributed by atoms with E-state index < -0.39 is 17.6 Å². The first-order valence-electron chi connectivity index (χ1n) is 3.24. The Kier molecular flexibility index (Phi) is 2.13. The van der Waals surface area contributed by atoms with Gasteiger partial charge in [0, 0.05) is 0 Å². The predicted octanol–water partition coefficient (Wildman–Crippen LogP) is 1.10.